The average Bonchev–Trinajstić information content (AvgIpc) is 3.11. The monoisotopic (exact) mass is 262 g/mol. The molecular formula is C14H18N2O3. The maximum Gasteiger partial charge on any atom is 0.248 e. The molecule has 0 spiro atoms. The van der Waals surface area contributed by atoms with E-state index in [1.165, 1.54) is 0 Å². The second-order valence-corrected chi connectivity index (χ2v) is 4.72. The van der Waals surface area contributed by atoms with Crippen molar-refractivity contribution in [2.24, 2.45) is 11.7 Å². The largest absolute Gasteiger partial charge is 0.378 e. The van der Waals surface area contributed by atoms with E-state index in [0.29, 0.717) is 17.9 Å². The second-order valence-electron chi connectivity index (χ2n) is 4.72. The molecule has 2 rings (SSSR count). The van der Waals surface area contributed by atoms with Crippen LogP contribution in [0.25, 0.3) is 0 Å². The number of ether oxygens (including phenoxy) is 1. The van der Waals surface area contributed by atoms with Gasteiger partial charge in [-0.05, 0) is 38.0 Å². The predicted octanol–water partition coefficient (Wildman–Crippen LogP) is 1.46. The molecule has 2 amide bonds. The zero-order valence-electron chi connectivity index (χ0n) is 11.1. The minimum atomic E-state index is -0.505. The summed E-state index contributed by atoms with van der Waals surface area (Å²) >= 11 is 0. The quantitative estimate of drug-likeness (QED) is 0.842. The van der Waals surface area contributed by atoms with Crippen molar-refractivity contribution < 1.29 is 14.3 Å². The molecule has 1 saturated carbocycles. The summed E-state index contributed by atoms with van der Waals surface area (Å²) < 4.78 is 5.38. The van der Waals surface area contributed by atoms with Gasteiger partial charge >= 0.3 is 0 Å². The summed E-state index contributed by atoms with van der Waals surface area (Å²) in [4.78, 5) is 23.1. The SMILES string of the molecule is CCO[C@H]1C[C@H]1C(=O)Nc1cc(C(N)=O)ccc1C. The Morgan fingerprint density at radius 2 is 2.21 bits per heavy atom. The van der Waals surface area contributed by atoms with Gasteiger partial charge < -0.3 is 15.8 Å². The zero-order chi connectivity index (χ0) is 14.0. The lowest BCUT2D eigenvalue weighted by molar-refractivity contribution is -0.118. The standard InChI is InChI=1S/C14H18N2O3/c1-3-19-12-7-10(12)14(18)16-11-6-9(13(15)17)5-4-8(11)2/h4-6,10,12H,3,7H2,1-2H3,(H2,15,17)(H,16,18)/t10-,12+/m1/s1. The highest BCUT2D eigenvalue weighted by Gasteiger charge is 2.44. The van der Waals surface area contributed by atoms with Crippen molar-refractivity contribution in [2.75, 3.05) is 11.9 Å². The van der Waals surface area contributed by atoms with Gasteiger partial charge in [-0.3, -0.25) is 9.59 Å². The first-order valence-corrected chi connectivity index (χ1v) is 6.35. The minimum absolute atomic E-state index is 0.0321. The molecule has 0 radical (unpaired) electrons. The lowest BCUT2D eigenvalue weighted by Crippen LogP contribution is -2.18. The molecule has 0 bridgehead atoms. The number of benzene rings is 1. The highest BCUT2D eigenvalue weighted by atomic mass is 16.5. The van der Waals surface area contributed by atoms with E-state index >= 15 is 0 Å². The molecule has 0 heterocycles. The van der Waals surface area contributed by atoms with Gasteiger partial charge in [0, 0.05) is 17.9 Å². The molecule has 1 aromatic carbocycles. The van der Waals surface area contributed by atoms with Crippen LogP contribution in [0.2, 0.25) is 0 Å². The van der Waals surface area contributed by atoms with Gasteiger partial charge in [0.2, 0.25) is 11.8 Å². The van der Waals surface area contributed by atoms with Crippen LogP contribution >= 0.6 is 0 Å². The van der Waals surface area contributed by atoms with Crippen LogP contribution in [-0.4, -0.2) is 24.5 Å². The van der Waals surface area contributed by atoms with E-state index < -0.39 is 5.91 Å². The van der Waals surface area contributed by atoms with E-state index in [1.54, 1.807) is 18.2 Å². The van der Waals surface area contributed by atoms with Crippen molar-refractivity contribution in [3.63, 3.8) is 0 Å². The lowest BCUT2D eigenvalue weighted by Gasteiger charge is -2.09. The molecule has 1 fully saturated rings. The summed E-state index contributed by atoms with van der Waals surface area (Å²) in [6, 6.07) is 5.02. The van der Waals surface area contributed by atoms with E-state index in [0.717, 1.165) is 12.0 Å². The molecule has 102 valence electrons. The Kier molecular flexibility index (Phi) is 3.85. The predicted molar refractivity (Wildman–Crippen MR) is 71.8 cm³/mol. The molecule has 0 unspecified atom stereocenters. The summed E-state index contributed by atoms with van der Waals surface area (Å²) in [6.07, 6.45) is 0.790. The Morgan fingerprint density at radius 3 is 2.84 bits per heavy atom. The van der Waals surface area contributed by atoms with Crippen LogP contribution in [0.15, 0.2) is 18.2 Å². The topological polar surface area (TPSA) is 81.4 Å². The third-order valence-electron chi connectivity index (χ3n) is 3.23. The van der Waals surface area contributed by atoms with Crippen molar-refractivity contribution >= 4 is 17.5 Å². The van der Waals surface area contributed by atoms with Gasteiger partial charge in [0.25, 0.3) is 0 Å². The molecule has 1 aliphatic carbocycles. The van der Waals surface area contributed by atoms with Crippen LogP contribution in [-0.2, 0) is 9.53 Å². The van der Waals surface area contributed by atoms with Gasteiger partial charge in [-0.1, -0.05) is 6.07 Å². The van der Waals surface area contributed by atoms with E-state index in [1.807, 2.05) is 13.8 Å². The fourth-order valence-electron chi connectivity index (χ4n) is 1.98. The molecule has 5 nitrogen and oxygen atoms in total. The first kappa shape index (κ1) is 13.5. The van der Waals surface area contributed by atoms with Crippen molar-refractivity contribution in [3.05, 3.63) is 29.3 Å². The van der Waals surface area contributed by atoms with E-state index in [4.69, 9.17) is 10.5 Å². The third-order valence-corrected chi connectivity index (χ3v) is 3.23. The number of nitrogens with two attached hydrogens (primary N) is 1. The Labute approximate surface area is 112 Å². The molecule has 0 aromatic heterocycles. The number of nitrogens with one attached hydrogen (secondary N) is 1. The molecule has 3 N–H and O–H groups in total. The maximum absolute atomic E-state index is 12.0. The van der Waals surface area contributed by atoms with Crippen molar-refractivity contribution in [2.45, 2.75) is 26.4 Å². The molecule has 0 aliphatic heterocycles. The fraction of sp³-hybridized carbons (Fsp3) is 0.429. The van der Waals surface area contributed by atoms with Gasteiger partial charge in [-0.15, -0.1) is 0 Å². The maximum atomic E-state index is 12.0. The van der Waals surface area contributed by atoms with Crippen LogP contribution in [0.1, 0.15) is 29.3 Å². The lowest BCUT2D eigenvalue weighted by atomic mass is 10.1. The van der Waals surface area contributed by atoms with Crippen LogP contribution in [0.5, 0.6) is 0 Å². The summed E-state index contributed by atoms with van der Waals surface area (Å²) in [7, 11) is 0. The number of aryl methyl sites for hydroxylation is 1. The average molecular weight is 262 g/mol. The second kappa shape index (κ2) is 5.40. The number of rotatable bonds is 5. The first-order chi connectivity index (χ1) is 9.02. The minimum Gasteiger partial charge on any atom is -0.378 e. The van der Waals surface area contributed by atoms with Gasteiger partial charge in [0.15, 0.2) is 0 Å². The Bertz CT molecular complexity index is 513. The van der Waals surface area contributed by atoms with Crippen LogP contribution in [0.3, 0.4) is 0 Å². The number of carbonyl (C=O) groups is 2. The molecule has 1 aliphatic rings. The number of carbonyl (C=O) groups excluding carboxylic acids is 2. The van der Waals surface area contributed by atoms with Crippen molar-refractivity contribution in [1.29, 1.82) is 0 Å². The molecule has 2 atom stereocenters. The first-order valence-electron chi connectivity index (χ1n) is 6.35. The normalized spacial score (nSPS) is 20.9. The van der Waals surface area contributed by atoms with Gasteiger partial charge in [-0.2, -0.15) is 0 Å². The third kappa shape index (κ3) is 3.12. The Hall–Kier alpha value is -1.88. The Morgan fingerprint density at radius 1 is 1.47 bits per heavy atom. The highest BCUT2D eigenvalue weighted by molar-refractivity contribution is 5.98. The summed E-state index contributed by atoms with van der Waals surface area (Å²) in [5, 5.41) is 2.83. The van der Waals surface area contributed by atoms with Gasteiger partial charge in [0.05, 0.1) is 12.0 Å². The number of amides is 2. The van der Waals surface area contributed by atoms with E-state index in [-0.39, 0.29) is 17.9 Å². The number of hydrogen-bond donors (Lipinski definition) is 2. The molecule has 19 heavy (non-hydrogen) atoms. The highest BCUT2D eigenvalue weighted by Crippen LogP contribution is 2.35. The molecular weight excluding hydrogens is 244 g/mol. The van der Waals surface area contributed by atoms with Crippen LogP contribution in [0, 0.1) is 12.8 Å². The Balaban J connectivity index is 2.05. The van der Waals surface area contributed by atoms with Crippen LogP contribution < -0.4 is 11.1 Å². The zero-order valence-corrected chi connectivity index (χ0v) is 11.1. The van der Waals surface area contributed by atoms with Crippen molar-refractivity contribution in [1.82, 2.24) is 0 Å². The smallest absolute Gasteiger partial charge is 0.248 e. The van der Waals surface area contributed by atoms with Crippen molar-refractivity contribution in [3.8, 4) is 0 Å². The summed E-state index contributed by atoms with van der Waals surface area (Å²) in [6.45, 7) is 4.39. The summed E-state index contributed by atoms with van der Waals surface area (Å²) in [5.41, 5.74) is 7.14. The number of primary amides is 1. The fourth-order valence-corrected chi connectivity index (χ4v) is 1.98. The van der Waals surface area contributed by atoms with Gasteiger partial charge in [-0.25, -0.2) is 0 Å². The summed E-state index contributed by atoms with van der Waals surface area (Å²) in [5.74, 6) is -0.658. The van der Waals surface area contributed by atoms with E-state index in [2.05, 4.69) is 5.32 Å². The molecule has 0 saturated heterocycles. The molecule has 1 aromatic rings. The number of hydrogen-bond acceptors (Lipinski definition) is 3. The van der Waals surface area contributed by atoms with Crippen LogP contribution in [0.4, 0.5) is 5.69 Å². The molecule has 5 heteroatoms. The number of anilines is 1. The van der Waals surface area contributed by atoms with Gasteiger partial charge in [0.1, 0.15) is 0 Å². The van der Waals surface area contributed by atoms with E-state index in [9.17, 15) is 9.59 Å².